The average molecular weight is 388 g/mol. The second-order valence-electron chi connectivity index (χ2n) is 5.64. The topological polar surface area (TPSA) is 60.8 Å². The lowest BCUT2D eigenvalue weighted by molar-refractivity contribution is -0.623. The number of pyridine rings is 1. The van der Waals surface area contributed by atoms with Crippen LogP contribution >= 0.6 is 21.6 Å². The third-order valence-corrected chi connectivity index (χ3v) is 5.88. The molecule has 1 aromatic rings. The first-order chi connectivity index (χ1) is 12.4. The zero-order chi connectivity index (χ0) is 18.0. The van der Waals surface area contributed by atoms with Crippen LogP contribution in [0, 0.1) is 0 Å². The summed E-state index contributed by atoms with van der Waals surface area (Å²) >= 11 is 0. The summed E-state index contributed by atoms with van der Waals surface area (Å²) in [5, 5.41) is 17.5. The van der Waals surface area contributed by atoms with Crippen molar-refractivity contribution in [1.29, 1.82) is 0 Å². The van der Waals surface area contributed by atoms with Gasteiger partial charge in [0.05, 0.1) is 17.6 Å². The third kappa shape index (κ3) is 12.4. The molecule has 1 aliphatic rings. The first kappa shape index (κ1) is 22.5. The van der Waals surface area contributed by atoms with E-state index in [-0.39, 0.29) is 0 Å². The number of nitrogens with zero attached hydrogens (tertiary/aromatic N) is 1. The van der Waals surface area contributed by atoms with Gasteiger partial charge in [-0.05, 0) is 34.0 Å². The molecular weight excluding hydrogens is 358 g/mol. The molecule has 7 heteroatoms. The molecule has 142 valence electrons. The van der Waals surface area contributed by atoms with Gasteiger partial charge in [-0.2, -0.15) is 0 Å². The lowest BCUT2D eigenvalue weighted by atomic mass is 10.1. The fraction of sp³-hybridized carbons (Fsp3) is 0.611. The van der Waals surface area contributed by atoms with Gasteiger partial charge in [-0.15, -0.1) is 0 Å². The molecule has 0 fully saturated rings. The number of aromatic nitrogens is 1. The van der Waals surface area contributed by atoms with Gasteiger partial charge in [-0.3, -0.25) is 4.98 Å². The van der Waals surface area contributed by atoms with Gasteiger partial charge in [-0.25, -0.2) is 10.1 Å². The molecule has 1 aliphatic heterocycles. The number of hydrogen-bond acceptors (Lipinski definition) is 7. The predicted octanol–water partition coefficient (Wildman–Crippen LogP) is 6.51. The lowest BCUT2D eigenvalue weighted by Crippen LogP contribution is -1.95. The van der Waals surface area contributed by atoms with Crippen LogP contribution in [0.1, 0.15) is 69.2 Å². The summed E-state index contributed by atoms with van der Waals surface area (Å²) in [6.45, 7) is 2.69. The molecule has 0 bridgehead atoms. The molecule has 1 atom stereocenters. The highest BCUT2D eigenvalue weighted by atomic mass is 33.1. The minimum atomic E-state index is 0.459. The van der Waals surface area contributed by atoms with Crippen LogP contribution in [0.5, 0.6) is 0 Å². The van der Waals surface area contributed by atoms with E-state index in [1.807, 2.05) is 29.1 Å². The molecule has 1 N–H and O–H groups in total. The number of hydrogen-bond donors (Lipinski definition) is 1. The zero-order valence-electron chi connectivity index (χ0n) is 14.8. The smallest absolute Gasteiger partial charge is 0.0854 e. The van der Waals surface area contributed by atoms with E-state index in [0.29, 0.717) is 11.9 Å². The monoisotopic (exact) mass is 387 g/mol. The van der Waals surface area contributed by atoms with Crippen molar-refractivity contribution in [3.63, 3.8) is 0 Å². The van der Waals surface area contributed by atoms with Crippen molar-refractivity contribution in [3.05, 3.63) is 41.6 Å². The van der Waals surface area contributed by atoms with E-state index in [2.05, 4.69) is 44.4 Å². The Hall–Kier alpha value is -0.570. The summed E-state index contributed by atoms with van der Waals surface area (Å²) in [6.07, 6.45) is 14.0. The third-order valence-electron chi connectivity index (χ3n) is 3.61. The molecule has 2 rings (SSSR count). The van der Waals surface area contributed by atoms with Crippen LogP contribution in [0.3, 0.4) is 0 Å². The maximum Gasteiger partial charge on any atom is 0.0854 e. The van der Waals surface area contributed by atoms with Crippen molar-refractivity contribution < 1.29 is 20.2 Å². The summed E-state index contributed by atoms with van der Waals surface area (Å²) in [5.41, 5.74) is 1.15. The van der Waals surface area contributed by atoms with Crippen molar-refractivity contribution in [2.75, 3.05) is 6.61 Å². The first-order valence-corrected chi connectivity index (χ1v) is 11.2. The van der Waals surface area contributed by atoms with Gasteiger partial charge in [0, 0.05) is 6.20 Å². The van der Waals surface area contributed by atoms with Crippen molar-refractivity contribution in [1.82, 2.24) is 4.98 Å². The Kier molecular flexibility index (Phi) is 15.2. The zero-order valence-corrected chi connectivity index (χ0v) is 16.5. The summed E-state index contributed by atoms with van der Waals surface area (Å²) < 4.78 is 0. The predicted molar refractivity (Wildman–Crippen MR) is 105 cm³/mol. The Bertz CT molecular complexity index is 422. The van der Waals surface area contributed by atoms with Crippen LogP contribution in [0.25, 0.3) is 0 Å². The van der Waals surface area contributed by atoms with E-state index in [0.717, 1.165) is 18.5 Å². The molecule has 1 unspecified atom stereocenters. The molecule has 0 aliphatic carbocycles. The summed E-state index contributed by atoms with van der Waals surface area (Å²) in [6, 6.07) is 6.04. The highest BCUT2D eigenvalue weighted by molar-refractivity contribution is 8.78. The Labute approximate surface area is 158 Å². The van der Waals surface area contributed by atoms with Crippen molar-refractivity contribution >= 4 is 21.6 Å². The lowest BCUT2D eigenvalue weighted by Gasteiger charge is -2.02. The molecule has 2 heterocycles. The maximum absolute atomic E-state index is 7.74. The summed E-state index contributed by atoms with van der Waals surface area (Å²) in [5.74, 6) is 0. The quantitative estimate of drug-likeness (QED) is 0.190. The Morgan fingerprint density at radius 1 is 1.08 bits per heavy atom. The van der Waals surface area contributed by atoms with E-state index in [4.69, 9.17) is 5.26 Å². The summed E-state index contributed by atoms with van der Waals surface area (Å²) in [4.78, 5) is 8.73. The van der Waals surface area contributed by atoms with E-state index >= 15 is 0 Å². The van der Waals surface area contributed by atoms with E-state index < -0.39 is 0 Å². The van der Waals surface area contributed by atoms with Gasteiger partial charge in [0.2, 0.25) is 0 Å². The van der Waals surface area contributed by atoms with Gasteiger partial charge in [0.15, 0.2) is 0 Å². The normalized spacial score (nSPS) is 15.8. The second kappa shape index (κ2) is 16.9. The fourth-order valence-electron chi connectivity index (χ4n) is 2.27. The SMILES string of the molecule is C1=CC(c2ccccn2)SS1.CCCCCCCCCCOOOO. The van der Waals surface area contributed by atoms with Gasteiger partial charge in [-0.1, -0.05) is 85.6 Å². The highest BCUT2D eigenvalue weighted by Crippen LogP contribution is 2.44. The van der Waals surface area contributed by atoms with Crippen LogP contribution in [-0.4, -0.2) is 16.8 Å². The molecule has 0 spiro atoms. The molecule has 0 aromatic carbocycles. The van der Waals surface area contributed by atoms with Crippen molar-refractivity contribution in [3.8, 4) is 0 Å². The number of unbranched alkanes of at least 4 members (excludes halogenated alkanes) is 7. The Balaban J connectivity index is 0.000000255. The van der Waals surface area contributed by atoms with Crippen molar-refractivity contribution in [2.45, 2.75) is 63.5 Å². The van der Waals surface area contributed by atoms with E-state index in [9.17, 15) is 0 Å². The van der Waals surface area contributed by atoms with E-state index in [1.165, 1.54) is 38.5 Å². The second-order valence-corrected chi connectivity index (χ2v) is 7.96. The summed E-state index contributed by atoms with van der Waals surface area (Å²) in [7, 11) is 3.61. The highest BCUT2D eigenvalue weighted by Gasteiger charge is 2.13. The molecule has 0 radical (unpaired) electrons. The van der Waals surface area contributed by atoms with E-state index in [1.54, 1.807) is 10.8 Å². The molecule has 5 nitrogen and oxygen atoms in total. The first-order valence-electron chi connectivity index (χ1n) is 8.88. The van der Waals surface area contributed by atoms with Crippen LogP contribution < -0.4 is 0 Å². The Morgan fingerprint density at radius 2 is 1.84 bits per heavy atom. The van der Waals surface area contributed by atoms with Gasteiger partial charge >= 0.3 is 0 Å². The number of rotatable bonds is 12. The van der Waals surface area contributed by atoms with Crippen LogP contribution in [0.2, 0.25) is 0 Å². The fourth-order valence-corrected chi connectivity index (χ4v) is 4.39. The minimum absolute atomic E-state index is 0.459. The molecule has 25 heavy (non-hydrogen) atoms. The van der Waals surface area contributed by atoms with Gasteiger partial charge in [0.1, 0.15) is 0 Å². The average Bonchev–Trinajstić information content (AvgIpc) is 3.19. The largest absolute Gasteiger partial charge is 0.260 e. The van der Waals surface area contributed by atoms with Crippen LogP contribution in [0.15, 0.2) is 35.9 Å². The molecule has 1 aromatic heterocycles. The van der Waals surface area contributed by atoms with Gasteiger partial charge in [0.25, 0.3) is 0 Å². The van der Waals surface area contributed by atoms with Crippen LogP contribution in [-0.2, 0) is 15.0 Å². The van der Waals surface area contributed by atoms with Crippen LogP contribution in [0.4, 0.5) is 0 Å². The standard InChI is InChI=1S/C10H22O4.C8H7NS2/c1-2-3-4-5-6-7-8-9-10-12-14-13-11;1-2-5-9-7(3-1)8-4-6-10-11-8/h11H,2-10H2,1H3;1-6,8H. The Morgan fingerprint density at radius 3 is 2.44 bits per heavy atom. The maximum atomic E-state index is 7.74. The van der Waals surface area contributed by atoms with Gasteiger partial charge < -0.3 is 0 Å². The molecule has 0 saturated carbocycles. The molecular formula is C18H29NO4S2. The van der Waals surface area contributed by atoms with Crippen molar-refractivity contribution in [2.24, 2.45) is 0 Å². The molecule has 0 amide bonds. The minimum Gasteiger partial charge on any atom is -0.260 e. The molecule has 0 saturated heterocycles.